The number of nitrogens with one attached hydrogen (secondary N) is 2. The van der Waals surface area contributed by atoms with Gasteiger partial charge in [0.15, 0.2) is 0 Å². The van der Waals surface area contributed by atoms with Gasteiger partial charge in [0.25, 0.3) is 0 Å². The number of carbonyl (C=O) groups excluding carboxylic acids is 2. The van der Waals surface area contributed by atoms with Crippen LogP contribution < -0.4 is 20.3 Å². The van der Waals surface area contributed by atoms with Gasteiger partial charge in [-0.05, 0) is 23.8 Å². The normalized spacial score (nSPS) is 15.6. The summed E-state index contributed by atoms with van der Waals surface area (Å²) in [6, 6.07) is 13.8. The van der Waals surface area contributed by atoms with Crippen molar-refractivity contribution >= 4 is 23.3 Å². The largest absolute Gasteiger partial charge is 0.495 e. The minimum absolute atomic E-state index is 0.193. The molecular formula is C18H19N3O3. The second-order valence-corrected chi connectivity index (χ2v) is 5.46. The monoisotopic (exact) mass is 325 g/mol. The Morgan fingerprint density at radius 2 is 1.83 bits per heavy atom. The summed E-state index contributed by atoms with van der Waals surface area (Å²) < 4.78 is 5.26. The van der Waals surface area contributed by atoms with Gasteiger partial charge in [0.1, 0.15) is 11.8 Å². The first-order valence-corrected chi connectivity index (χ1v) is 7.68. The van der Waals surface area contributed by atoms with E-state index in [0.29, 0.717) is 17.9 Å². The fraction of sp³-hybridized carbons (Fsp3) is 0.222. The van der Waals surface area contributed by atoms with Crippen molar-refractivity contribution in [3.63, 3.8) is 0 Å². The molecule has 1 aliphatic heterocycles. The molecular weight excluding hydrogens is 306 g/mol. The Morgan fingerprint density at radius 3 is 2.58 bits per heavy atom. The van der Waals surface area contributed by atoms with Crippen LogP contribution in [0.15, 0.2) is 48.5 Å². The minimum Gasteiger partial charge on any atom is -0.495 e. The van der Waals surface area contributed by atoms with Gasteiger partial charge in [-0.1, -0.05) is 30.3 Å². The maximum atomic E-state index is 12.9. The first-order valence-electron chi connectivity index (χ1n) is 7.68. The lowest BCUT2D eigenvalue weighted by molar-refractivity contribution is -0.121. The molecule has 2 aromatic carbocycles. The van der Waals surface area contributed by atoms with E-state index in [4.69, 9.17) is 4.74 Å². The van der Waals surface area contributed by atoms with Crippen molar-refractivity contribution in [3.8, 4) is 5.75 Å². The summed E-state index contributed by atoms with van der Waals surface area (Å²) in [4.78, 5) is 26.6. The van der Waals surface area contributed by atoms with Crippen LogP contribution in [0.2, 0.25) is 0 Å². The van der Waals surface area contributed by atoms with E-state index >= 15 is 0 Å². The van der Waals surface area contributed by atoms with Crippen molar-refractivity contribution in [1.82, 2.24) is 5.32 Å². The number of nitrogens with zero attached hydrogens (tertiary/aromatic N) is 1. The molecule has 2 N–H and O–H groups in total. The molecule has 0 radical (unpaired) electrons. The maximum absolute atomic E-state index is 12.9. The Bertz CT molecular complexity index is 776. The van der Waals surface area contributed by atoms with Gasteiger partial charge in [-0.3, -0.25) is 9.69 Å². The van der Waals surface area contributed by atoms with E-state index in [-0.39, 0.29) is 11.9 Å². The lowest BCUT2D eigenvalue weighted by Gasteiger charge is -2.25. The summed E-state index contributed by atoms with van der Waals surface area (Å²) in [7, 11) is 3.12. The molecule has 0 aromatic heterocycles. The number of amides is 3. The fourth-order valence-corrected chi connectivity index (χ4v) is 2.94. The molecule has 1 atom stereocenters. The minimum atomic E-state index is -0.567. The summed E-state index contributed by atoms with van der Waals surface area (Å²) in [6.07, 6.45) is 0.495. The number of anilines is 2. The molecule has 6 nitrogen and oxygen atoms in total. The number of para-hydroxylation sites is 3. The van der Waals surface area contributed by atoms with Gasteiger partial charge in [0.2, 0.25) is 5.91 Å². The first-order chi connectivity index (χ1) is 11.7. The van der Waals surface area contributed by atoms with E-state index in [0.717, 1.165) is 11.3 Å². The second-order valence-electron chi connectivity index (χ2n) is 5.46. The maximum Gasteiger partial charge on any atom is 0.327 e. The van der Waals surface area contributed by atoms with Gasteiger partial charge < -0.3 is 15.4 Å². The molecule has 3 rings (SSSR count). The van der Waals surface area contributed by atoms with Crippen LogP contribution in [0.5, 0.6) is 5.75 Å². The lowest BCUT2D eigenvalue weighted by Crippen LogP contribution is -2.48. The topological polar surface area (TPSA) is 70.7 Å². The van der Waals surface area contributed by atoms with Crippen molar-refractivity contribution in [1.29, 1.82) is 0 Å². The molecule has 6 heteroatoms. The fourth-order valence-electron chi connectivity index (χ4n) is 2.94. The molecule has 0 fully saturated rings. The van der Waals surface area contributed by atoms with Crippen LogP contribution >= 0.6 is 0 Å². The summed E-state index contributed by atoms with van der Waals surface area (Å²) in [5, 5.41) is 5.46. The van der Waals surface area contributed by atoms with Crippen LogP contribution in [0.4, 0.5) is 16.2 Å². The van der Waals surface area contributed by atoms with Crippen molar-refractivity contribution < 1.29 is 14.3 Å². The SMILES string of the molecule is CNC(=O)[C@H]1Cc2ccccc2N1C(=O)Nc1ccccc1OC. The van der Waals surface area contributed by atoms with E-state index in [1.165, 1.54) is 4.90 Å². The molecule has 0 saturated carbocycles. The summed E-state index contributed by atoms with van der Waals surface area (Å²) in [5.41, 5.74) is 2.28. The third-order valence-corrected chi connectivity index (χ3v) is 4.09. The highest BCUT2D eigenvalue weighted by Crippen LogP contribution is 2.33. The standard InChI is InChI=1S/C18H19N3O3/c1-19-17(22)15-11-12-7-3-5-9-14(12)21(15)18(23)20-13-8-4-6-10-16(13)24-2/h3-10,15H,11H2,1-2H3,(H,19,22)(H,20,23)/t15-/m1/s1. The number of hydrogen-bond acceptors (Lipinski definition) is 3. The Balaban J connectivity index is 1.92. The van der Waals surface area contributed by atoms with E-state index in [9.17, 15) is 9.59 Å². The van der Waals surface area contributed by atoms with E-state index in [1.54, 1.807) is 26.3 Å². The van der Waals surface area contributed by atoms with E-state index in [1.807, 2.05) is 36.4 Å². The number of urea groups is 1. The second kappa shape index (κ2) is 6.62. The number of fused-ring (bicyclic) bond motifs is 1. The lowest BCUT2D eigenvalue weighted by atomic mass is 10.1. The third kappa shape index (κ3) is 2.78. The molecule has 0 aliphatic carbocycles. The molecule has 0 saturated heterocycles. The van der Waals surface area contributed by atoms with Gasteiger partial charge >= 0.3 is 6.03 Å². The zero-order valence-corrected chi connectivity index (χ0v) is 13.6. The predicted molar refractivity (Wildman–Crippen MR) is 92.5 cm³/mol. The number of benzene rings is 2. The van der Waals surface area contributed by atoms with Crippen LogP contribution in [0.1, 0.15) is 5.56 Å². The first kappa shape index (κ1) is 15.9. The van der Waals surface area contributed by atoms with Crippen LogP contribution in [0.3, 0.4) is 0 Å². The molecule has 3 amide bonds. The third-order valence-electron chi connectivity index (χ3n) is 4.09. The van der Waals surface area contributed by atoms with Gasteiger partial charge in [0.05, 0.1) is 12.8 Å². The van der Waals surface area contributed by atoms with Gasteiger partial charge in [-0.15, -0.1) is 0 Å². The van der Waals surface area contributed by atoms with Crippen molar-refractivity contribution in [2.24, 2.45) is 0 Å². The molecule has 1 heterocycles. The van der Waals surface area contributed by atoms with Gasteiger partial charge in [-0.2, -0.15) is 0 Å². The van der Waals surface area contributed by atoms with Crippen LogP contribution in [-0.4, -0.2) is 32.1 Å². The zero-order valence-electron chi connectivity index (χ0n) is 13.6. The van der Waals surface area contributed by atoms with Crippen molar-refractivity contribution in [2.75, 3.05) is 24.4 Å². The number of rotatable bonds is 3. The summed E-state index contributed by atoms with van der Waals surface area (Å²) in [5.74, 6) is 0.371. The highest BCUT2D eigenvalue weighted by molar-refractivity contribution is 6.08. The van der Waals surface area contributed by atoms with Gasteiger partial charge in [-0.25, -0.2) is 4.79 Å². The number of ether oxygens (including phenoxy) is 1. The summed E-state index contributed by atoms with van der Waals surface area (Å²) in [6.45, 7) is 0. The summed E-state index contributed by atoms with van der Waals surface area (Å²) >= 11 is 0. The van der Waals surface area contributed by atoms with Gasteiger partial charge in [0, 0.05) is 19.2 Å². The molecule has 24 heavy (non-hydrogen) atoms. The molecule has 0 bridgehead atoms. The van der Waals surface area contributed by atoms with Crippen LogP contribution in [-0.2, 0) is 11.2 Å². The Kier molecular flexibility index (Phi) is 4.37. The average Bonchev–Trinajstić information content (AvgIpc) is 3.01. The molecule has 0 unspecified atom stereocenters. The quantitative estimate of drug-likeness (QED) is 0.910. The van der Waals surface area contributed by atoms with E-state index < -0.39 is 6.04 Å². The predicted octanol–water partition coefficient (Wildman–Crippen LogP) is 2.40. The number of methoxy groups -OCH3 is 1. The molecule has 124 valence electrons. The van der Waals surface area contributed by atoms with E-state index in [2.05, 4.69) is 10.6 Å². The average molecular weight is 325 g/mol. The number of carbonyl (C=O) groups is 2. The van der Waals surface area contributed by atoms with Crippen molar-refractivity contribution in [3.05, 3.63) is 54.1 Å². The Hall–Kier alpha value is -3.02. The molecule has 1 aliphatic rings. The molecule has 0 spiro atoms. The Morgan fingerprint density at radius 1 is 1.12 bits per heavy atom. The number of likely N-dealkylation sites (N-methyl/N-ethyl adjacent to an activating group) is 1. The van der Waals surface area contributed by atoms with Crippen LogP contribution in [0.25, 0.3) is 0 Å². The highest BCUT2D eigenvalue weighted by atomic mass is 16.5. The van der Waals surface area contributed by atoms with Crippen molar-refractivity contribution in [2.45, 2.75) is 12.5 Å². The molecule has 2 aromatic rings. The smallest absolute Gasteiger partial charge is 0.327 e. The highest BCUT2D eigenvalue weighted by Gasteiger charge is 2.38. The Labute approximate surface area is 140 Å². The number of hydrogen-bond donors (Lipinski definition) is 2. The zero-order chi connectivity index (χ0) is 17.1. The van der Waals surface area contributed by atoms with Crippen LogP contribution in [0, 0.1) is 0 Å².